The summed E-state index contributed by atoms with van der Waals surface area (Å²) in [6.45, 7) is 3.22. The summed E-state index contributed by atoms with van der Waals surface area (Å²) in [5.41, 5.74) is 2.13. The van der Waals surface area contributed by atoms with Crippen LogP contribution in [0.1, 0.15) is 24.0 Å². The zero-order valence-corrected chi connectivity index (χ0v) is 14.9. The summed E-state index contributed by atoms with van der Waals surface area (Å²) in [7, 11) is 0. The Bertz CT molecular complexity index is 712. The molecule has 0 saturated carbocycles. The Morgan fingerprint density at radius 1 is 1.08 bits per heavy atom. The van der Waals surface area contributed by atoms with Crippen LogP contribution in [0.4, 0.5) is 4.39 Å². The molecular weight excluding hydrogens is 331 g/mol. The maximum atomic E-state index is 12.9. The summed E-state index contributed by atoms with van der Waals surface area (Å²) in [4.78, 5) is 14.0. The number of ether oxygens (including phenoxy) is 1. The number of carbonyl (C=O) groups excluding carboxylic acids is 1. The molecule has 138 valence electrons. The predicted octanol–water partition coefficient (Wildman–Crippen LogP) is 3.16. The fourth-order valence-corrected chi connectivity index (χ4v) is 3.09. The number of benzene rings is 2. The Morgan fingerprint density at radius 3 is 2.58 bits per heavy atom. The molecule has 3 rings (SSSR count). The Balaban J connectivity index is 1.45. The molecule has 1 aliphatic rings. The first-order valence-electron chi connectivity index (χ1n) is 9.16. The minimum atomic E-state index is -0.212. The SMILES string of the molecule is O=C(COc1ccccc1CNCCc1ccc(F)cc1)N1CCCC1. The number of hydrogen-bond acceptors (Lipinski definition) is 3. The van der Waals surface area contributed by atoms with E-state index in [-0.39, 0.29) is 18.3 Å². The van der Waals surface area contributed by atoms with Gasteiger partial charge in [-0.25, -0.2) is 4.39 Å². The predicted molar refractivity (Wildman–Crippen MR) is 99.6 cm³/mol. The van der Waals surface area contributed by atoms with Gasteiger partial charge in [0.2, 0.25) is 0 Å². The molecule has 0 bridgehead atoms. The van der Waals surface area contributed by atoms with Crippen molar-refractivity contribution in [3.05, 3.63) is 65.5 Å². The lowest BCUT2D eigenvalue weighted by Crippen LogP contribution is -2.32. The topological polar surface area (TPSA) is 41.6 Å². The van der Waals surface area contributed by atoms with Crippen LogP contribution >= 0.6 is 0 Å². The second kappa shape index (κ2) is 9.34. The highest BCUT2D eigenvalue weighted by Gasteiger charge is 2.18. The molecular formula is C21H25FN2O2. The summed E-state index contributed by atoms with van der Waals surface area (Å²) in [6, 6.07) is 14.3. The first kappa shape index (κ1) is 18.4. The van der Waals surface area contributed by atoms with Crippen LogP contribution in [-0.4, -0.2) is 37.0 Å². The van der Waals surface area contributed by atoms with Crippen molar-refractivity contribution in [1.82, 2.24) is 10.2 Å². The lowest BCUT2D eigenvalue weighted by Gasteiger charge is -2.17. The number of nitrogens with zero attached hydrogens (tertiary/aromatic N) is 1. The van der Waals surface area contributed by atoms with E-state index in [2.05, 4.69) is 5.32 Å². The first-order valence-corrected chi connectivity index (χ1v) is 9.16. The summed E-state index contributed by atoms with van der Waals surface area (Å²) >= 11 is 0. The molecule has 1 heterocycles. The second-order valence-electron chi connectivity index (χ2n) is 6.54. The van der Waals surface area contributed by atoms with E-state index in [1.165, 1.54) is 12.1 Å². The van der Waals surface area contributed by atoms with Gasteiger partial charge in [-0.05, 0) is 49.6 Å². The van der Waals surface area contributed by atoms with Gasteiger partial charge in [-0.3, -0.25) is 4.79 Å². The number of nitrogens with one attached hydrogen (secondary N) is 1. The van der Waals surface area contributed by atoms with Crippen LogP contribution in [0.3, 0.4) is 0 Å². The molecule has 0 unspecified atom stereocenters. The highest BCUT2D eigenvalue weighted by Crippen LogP contribution is 2.18. The number of para-hydroxylation sites is 1. The molecule has 0 aliphatic carbocycles. The summed E-state index contributed by atoms with van der Waals surface area (Å²) in [5, 5.41) is 3.38. The lowest BCUT2D eigenvalue weighted by atomic mass is 10.1. The van der Waals surface area contributed by atoms with E-state index in [9.17, 15) is 9.18 Å². The quantitative estimate of drug-likeness (QED) is 0.739. The third-order valence-electron chi connectivity index (χ3n) is 4.60. The summed E-state index contributed by atoms with van der Waals surface area (Å²) in [6.07, 6.45) is 3.00. The van der Waals surface area contributed by atoms with Crippen LogP contribution in [0.25, 0.3) is 0 Å². The van der Waals surface area contributed by atoms with Crippen molar-refractivity contribution in [3.63, 3.8) is 0 Å². The van der Waals surface area contributed by atoms with Crippen molar-refractivity contribution >= 4 is 5.91 Å². The van der Waals surface area contributed by atoms with E-state index in [0.29, 0.717) is 6.54 Å². The molecule has 0 aromatic heterocycles. The van der Waals surface area contributed by atoms with Crippen LogP contribution in [0, 0.1) is 5.82 Å². The highest BCUT2D eigenvalue weighted by molar-refractivity contribution is 5.78. The van der Waals surface area contributed by atoms with Gasteiger partial charge < -0.3 is 15.0 Å². The Labute approximate surface area is 154 Å². The van der Waals surface area contributed by atoms with Crippen LogP contribution < -0.4 is 10.1 Å². The normalized spacial score (nSPS) is 13.8. The number of rotatable bonds is 8. The van der Waals surface area contributed by atoms with E-state index < -0.39 is 0 Å². The van der Waals surface area contributed by atoms with Gasteiger partial charge in [0.25, 0.3) is 5.91 Å². The molecule has 1 aliphatic heterocycles. The molecule has 0 atom stereocenters. The number of hydrogen-bond donors (Lipinski definition) is 1. The zero-order chi connectivity index (χ0) is 18.2. The molecule has 1 saturated heterocycles. The Morgan fingerprint density at radius 2 is 1.81 bits per heavy atom. The van der Waals surface area contributed by atoms with Gasteiger partial charge in [-0.1, -0.05) is 30.3 Å². The smallest absolute Gasteiger partial charge is 0.260 e. The molecule has 1 N–H and O–H groups in total. The Kier molecular flexibility index (Phi) is 6.61. The maximum absolute atomic E-state index is 12.9. The van der Waals surface area contributed by atoms with Crippen LogP contribution in [0.5, 0.6) is 5.75 Å². The molecule has 0 radical (unpaired) electrons. The zero-order valence-electron chi connectivity index (χ0n) is 14.9. The maximum Gasteiger partial charge on any atom is 0.260 e. The monoisotopic (exact) mass is 356 g/mol. The van der Waals surface area contributed by atoms with Gasteiger partial charge in [-0.2, -0.15) is 0 Å². The Hall–Kier alpha value is -2.40. The van der Waals surface area contributed by atoms with Crippen LogP contribution in [0.15, 0.2) is 48.5 Å². The van der Waals surface area contributed by atoms with Crippen molar-refractivity contribution in [2.45, 2.75) is 25.8 Å². The van der Waals surface area contributed by atoms with Crippen molar-refractivity contribution in [1.29, 1.82) is 0 Å². The van der Waals surface area contributed by atoms with Crippen molar-refractivity contribution in [3.8, 4) is 5.75 Å². The third-order valence-corrected chi connectivity index (χ3v) is 4.60. The molecule has 5 heteroatoms. The first-order chi connectivity index (χ1) is 12.7. The van der Waals surface area contributed by atoms with E-state index in [0.717, 1.165) is 55.8 Å². The standard InChI is InChI=1S/C21H25FN2O2/c22-19-9-7-17(8-10-19)11-12-23-15-18-5-1-2-6-20(18)26-16-21(25)24-13-3-4-14-24/h1-2,5-10,23H,3-4,11-16H2. The minimum absolute atomic E-state index is 0.0570. The molecule has 1 fully saturated rings. The number of likely N-dealkylation sites (tertiary alicyclic amines) is 1. The molecule has 0 spiro atoms. The molecule has 1 amide bonds. The summed E-state index contributed by atoms with van der Waals surface area (Å²) in [5.74, 6) is 0.590. The van der Waals surface area contributed by atoms with E-state index in [1.807, 2.05) is 29.2 Å². The van der Waals surface area contributed by atoms with E-state index in [4.69, 9.17) is 4.74 Å². The number of carbonyl (C=O) groups is 1. The fraction of sp³-hybridized carbons (Fsp3) is 0.381. The van der Waals surface area contributed by atoms with Gasteiger partial charge in [0.1, 0.15) is 11.6 Å². The average Bonchev–Trinajstić information content (AvgIpc) is 3.20. The fourth-order valence-electron chi connectivity index (χ4n) is 3.09. The largest absolute Gasteiger partial charge is 0.483 e. The summed E-state index contributed by atoms with van der Waals surface area (Å²) < 4.78 is 18.7. The van der Waals surface area contributed by atoms with Crippen LogP contribution in [0.2, 0.25) is 0 Å². The minimum Gasteiger partial charge on any atom is -0.483 e. The van der Waals surface area contributed by atoms with Crippen molar-refractivity contribution in [2.75, 3.05) is 26.2 Å². The van der Waals surface area contributed by atoms with Crippen molar-refractivity contribution < 1.29 is 13.9 Å². The molecule has 2 aromatic carbocycles. The highest BCUT2D eigenvalue weighted by atomic mass is 19.1. The van der Waals surface area contributed by atoms with E-state index >= 15 is 0 Å². The van der Waals surface area contributed by atoms with Crippen LogP contribution in [-0.2, 0) is 17.8 Å². The van der Waals surface area contributed by atoms with Gasteiger partial charge >= 0.3 is 0 Å². The average molecular weight is 356 g/mol. The van der Waals surface area contributed by atoms with Gasteiger partial charge in [0, 0.05) is 25.2 Å². The molecule has 26 heavy (non-hydrogen) atoms. The lowest BCUT2D eigenvalue weighted by molar-refractivity contribution is -0.132. The second-order valence-corrected chi connectivity index (χ2v) is 6.54. The molecule has 2 aromatic rings. The number of amides is 1. The molecule has 4 nitrogen and oxygen atoms in total. The number of halogens is 1. The van der Waals surface area contributed by atoms with Gasteiger partial charge in [0.15, 0.2) is 6.61 Å². The van der Waals surface area contributed by atoms with Gasteiger partial charge in [-0.15, -0.1) is 0 Å². The van der Waals surface area contributed by atoms with Gasteiger partial charge in [0.05, 0.1) is 0 Å². The third kappa shape index (κ3) is 5.30. The van der Waals surface area contributed by atoms with Crippen molar-refractivity contribution in [2.24, 2.45) is 0 Å². The van der Waals surface area contributed by atoms with E-state index in [1.54, 1.807) is 12.1 Å².